The van der Waals surface area contributed by atoms with Gasteiger partial charge in [-0.3, -0.25) is 9.69 Å². The maximum absolute atomic E-state index is 12.7. The van der Waals surface area contributed by atoms with Crippen molar-refractivity contribution in [3.05, 3.63) is 83.2 Å². The molecule has 0 radical (unpaired) electrons. The summed E-state index contributed by atoms with van der Waals surface area (Å²) in [6, 6.07) is 19.0. The van der Waals surface area contributed by atoms with E-state index in [1.807, 2.05) is 24.3 Å². The number of urea groups is 1. The van der Waals surface area contributed by atoms with Gasteiger partial charge in [0.05, 0.1) is 11.6 Å². The first kappa shape index (κ1) is 21.1. The number of ether oxygens (including phenoxy) is 1. The van der Waals surface area contributed by atoms with Crippen LogP contribution in [0, 0.1) is 11.3 Å². The van der Waals surface area contributed by atoms with E-state index in [0.29, 0.717) is 37.4 Å². The summed E-state index contributed by atoms with van der Waals surface area (Å²) < 4.78 is 5.41. The molecule has 2 heterocycles. The van der Waals surface area contributed by atoms with Gasteiger partial charge in [0.2, 0.25) is 0 Å². The number of carbonyl (C=O) groups excluding carboxylic acids is 2. The molecule has 1 N–H and O–H groups in total. The van der Waals surface area contributed by atoms with Crippen molar-refractivity contribution in [2.24, 2.45) is 4.99 Å². The van der Waals surface area contributed by atoms with Gasteiger partial charge >= 0.3 is 12.1 Å². The van der Waals surface area contributed by atoms with E-state index in [1.54, 1.807) is 28.0 Å². The number of amidine groups is 1. The van der Waals surface area contributed by atoms with Crippen molar-refractivity contribution in [2.45, 2.75) is 19.4 Å². The van der Waals surface area contributed by atoms with Crippen LogP contribution in [0.25, 0.3) is 0 Å². The van der Waals surface area contributed by atoms with E-state index in [1.165, 1.54) is 11.8 Å². The molecule has 162 valence electrons. The summed E-state index contributed by atoms with van der Waals surface area (Å²) >= 11 is 0. The van der Waals surface area contributed by atoms with Gasteiger partial charge in [-0.1, -0.05) is 42.5 Å². The van der Waals surface area contributed by atoms with E-state index in [-0.39, 0.29) is 11.9 Å². The summed E-state index contributed by atoms with van der Waals surface area (Å²) in [6.45, 7) is 1.60. The molecular weight excluding hydrogens is 406 g/mol. The second kappa shape index (κ2) is 9.79. The number of aliphatic imine (C=N–C) groups is 1. The van der Waals surface area contributed by atoms with Crippen LogP contribution in [-0.2, 0) is 22.5 Å². The van der Waals surface area contributed by atoms with Gasteiger partial charge in [0.1, 0.15) is 12.0 Å². The molecule has 0 aliphatic carbocycles. The van der Waals surface area contributed by atoms with E-state index < -0.39 is 6.03 Å². The van der Waals surface area contributed by atoms with Crippen LogP contribution in [0.5, 0.6) is 0 Å². The van der Waals surface area contributed by atoms with E-state index in [2.05, 4.69) is 28.5 Å². The fourth-order valence-corrected chi connectivity index (χ4v) is 3.62. The molecule has 2 aromatic rings. The number of nitrogens with zero attached hydrogens (tertiary/aromatic N) is 4. The van der Waals surface area contributed by atoms with Gasteiger partial charge in [-0.05, 0) is 36.1 Å². The lowest BCUT2D eigenvalue weighted by Gasteiger charge is -2.21. The van der Waals surface area contributed by atoms with Gasteiger partial charge in [-0.25, -0.2) is 4.79 Å². The number of carbonyl (C=O) groups is 2. The third-order valence-corrected chi connectivity index (χ3v) is 5.29. The first-order valence-corrected chi connectivity index (χ1v) is 10.5. The molecule has 32 heavy (non-hydrogen) atoms. The van der Waals surface area contributed by atoms with Crippen LogP contribution in [0.1, 0.15) is 23.1 Å². The highest BCUT2D eigenvalue weighted by Gasteiger charge is 2.33. The molecule has 0 saturated carbocycles. The first-order valence-electron chi connectivity index (χ1n) is 10.5. The minimum atomic E-state index is -0.442. The summed E-state index contributed by atoms with van der Waals surface area (Å²) in [6.07, 6.45) is 3.03. The number of aryl methyl sites for hydroxylation is 1. The minimum absolute atomic E-state index is 0.109. The van der Waals surface area contributed by atoms with Crippen molar-refractivity contribution >= 4 is 18.0 Å². The normalized spacial score (nSPS) is 15.2. The minimum Gasteiger partial charge on any atom is -0.431 e. The third kappa shape index (κ3) is 4.95. The van der Waals surface area contributed by atoms with Gasteiger partial charge < -0.3 is 15.0 Å². The van der Waals surface area contributed by atoms with Crippen molar-refractivity contribution in [3.8, 4) is 6.07 Å². The zero-order valence-electron chi connectivity index (χ0n) is 17.5. The highest BCUT2D eigenvalue weighted by atomic mass is 16.5. The van der Waals surface area contributed by atoms with Crippen LogP contribution in [0.2, 0.25) is 0 Å². The molecule has 0 saturated heterocycles. The SMILES string of the molecule is N#Cc1cccc(CN2CCN3C(C(=O)NCCCc4ccccc4)=COC3=NC2=O)c1. The van der Waals surface area contributed by atoms with Gasteiger partial charge in [-0.2, -0.15) is 5.26 Å². The van der Waals surface area contributed by atoms with Crippen LogP contribution in [-0.4, -0.2) is 47.4 Å². The van der Waals surface area contributed by atoms with Gasteiger partial charge in [0.25, 0.3) is 5.91 Å². The number of fused-ring (bicyclic) bond motifs is 1. The quantitative estimate of drug-likeness (QED) is 0.683. The van der Waals surface area contributed by atoms with Crippen LogP contribution >= 0.6 is 0 Å². The molecule has 0 fully saturated rings. The fourth-order valence-electron chi connectivity index (χ4n) is 3.62. The fraction of sp³-hybridized carbons (Fsp3) is 0.250. The van der Waals surface area contributed by atoms with Crippen molar-refractivity contribution in [3.63, 3.8) is 0 Å². The number of nitrogens with one attached hydrogen (secondary N) is 1. The Bertz CT molecular complexity index is 1100. The predicted octanol–water partition coefficient (Wildman–Crippen LogP) is 2.77. The molecule has 2 aliphatic heterocycles. The summed E-state index contributed by atoms with van der Waals surface area (Å²) in [5.41, 5.74) is 2.94. The van der Waals surface area contributed by atoms with Crippen LogP contribution in [0.3, 0.4) is 0 Å². The molecule has 0 atom stereocenters. The summed E-state index contributed by atoms with van der Waals surface area (Å²) in [5.74, 6) is -0.258. The van der Waals surface area contributed by atoms with Gasteiger partial charge in [0.15, 0.2) is 0 Å². The zero-order valence-corrected chi connectivity index (χ0v) is 17.5. The Labute approximate surface area is 186 Å². The third-order valence-electron chi connectivity index (χ3n) is 5.29. The second-order valence-corrected chi connectivity index (χ2v) is 7.53. The Kier molecular flexibility index (Phi) is 6.46. The van der Waals surface area contributed by atoms with Gasteiger partial charge in [-0.15, -0.1) is 4.99 Å². The molecule has 8 nitrogen and oxygen atoms in total. The number of nitriles is 1. The maximum Gasteiger partial charge on any atom is 0.348 e. The molecule has 2 aliphatic rings. The number of hydrogen-bond acceptors (Lipinski definition) is 5. The molecule has 0 aromatic heterocycles. The lowest BCUT2D eigenvalue weighted by molar-refractivity contribution is -0.118. The Hall–Kier alpha value is -4.12. The van der Waals surface area contributed by atoms with Crippen molar-refractivity contribution < 1.29 is 14.3 Å². The molecule has 4 rings (SSSR count). The van der Waals surface area contributed by atoms with Crippen molar-refractivity contribution in [1.82, 2.24) is 15.1 Å². The average molecular weight is 429 g/mol. The zero-order chi connectivity index (χ0) is 22.3. The molecular formula is C24H23N5O3. The molecule has 0 spiro atoms. The topological polar surface area (TPSA) is 98.0 Å². The Morgan fingerprint density at radius 3 is 2.75 bits per heavy atom. The van der Waals surface area contributed by atoms with Crippen LogP contribution in [0.4, 0.5) is 4.79 Å². The molecule has 8 heteroatoms. The largest absolute Gasteiger partial charge is 0.431 e. The smallest absolute Gasteiger partial charge is 0.348 e. The standard InChI is InChI=1S/C24H23N5O3/c25-15-19-8-4-9-20(14-19)16-28-12-13-29-21(17-32-24(29)27-23(28)31)22(30)26-11-5-10-18-6-2-1-3-7-18/h1-4,6-9,14,17H,5,10-13,16H2,(H,26,30). The lowest BCUT2D eigenvalue weighted by atomic mass is 10.1. The summed E-state index contributed by atoms with van der Waals surface area (Å²) in [7, 11) is 0. The summed E-state index contributed by atoms with van der Waals surface area (Å²) in [4.78, 5) is 32.5. The molecule has 0 bridgehead atoms. The Morgan fingerprint density at radius 2 is 1.94 bits per heavy atom. The maximum atomic E-state index is 12.7. The monoisotopic (exact) mass is 429 g/mol. The molecule has 2 aromatic carbocycles. The van der Waals surface area contributed by atoms with Crippen molar-refractivity contribution in [2.75, 3.05) is 19.6 Å². The molecule has 0 unspecified atom stereocenters. The Morgan fingerprint density at radius 1 is 1.12 bits per heavy atom. The highest BCUT2D eigenvalue weighted by molar-refractivity contribution is 6.01. The van der Waals surface area contributed by atoms with E-state index in [0.717, 1.165) is 18.4 Å². The van der Waals surface area contributed by atoms with Crippen LogP contribution < -0.4 is 5.32 Å². The van der Waals surface area contributed by atoms with Crippen molar-refractivity contribution in [1.29, 1.82) is 5.26 Å². The van der Waals surface area contributed by atoms with Gasteiger partial charge in [0, 0.05) is 26.2 Å². The lowest BCUT2D eigenvalue weighted by Crippen LogP contribution is -2.38. The van der Waals surface area contributed by atoms with E-state index >= 15 is 0 Å². The summed E-state index contributed by atoms with van der Waals surface area (Å²) in [5, 5.41) is 12.0. The average Bonchev–Trinajstić information content (AvgIpc) is 3.15. The highest BCUT2D eigenvalue weighted by Crippen LogP contribution is 2.20. The number of benzene rings is 2. The second-order valence-electron chi connectivity index (χ2n) is 7.53. The van der Waals surface area contributed by atoms with E-state index in [9.17, 15) is 9.59 Å². The van der Waals surface area contributed by atoms with Crippen LogP contribution in [0.15, 0.2) is 71.5 Å². The number of amides is 3. The Balaban J connectivity index is 1.32. The number of hydrogen-bond donors (Lipinski definition) is 1. The molecule has 3 amide bonds. The predicted molar refractivity (Wildman–Crippen MR) is 118 cm³/mol. The first-order chi connectivity index (χ1) is 15.6. The number of rotatable bonds is 7. The van der Waals surface area contributed by atoms with E-state index in [4.69, 9.17) is 10.00 Å².